The molecule has 0 aliphatic rings. The van der Waals surface area contributed by atoms with Crippen LogP contribution >= 0.6 is 11.3 Å². The van der Waals surface area contributed by atoms with Gasteiger partial charge in [0.25, 0.3) is 0 Å². The molecule has 0 bridgehead atoms. The Morgan fingerprint density at radius 3 is 2.57 bits per heavy atom. The smallest absolute Gasteiger partial charge is 0.133 e. The molecule has 0 aromatic carbocycles. The Kier molecular flexibility index (Phi) is 5.92. The van der Waals surface area contributed by atoms with E-state index in [1.54, 1.807) is 11.3 Å². The first-order valence-corrected chi connectivity index (χ1v) is 8.36. The molecule has 2 N–H and O–H groups in total. The molecule has 2 heterocycles. The Morgan fingerprint density at radius 2 is 1.95 bits per heavy atom. The zero-order valence-corrected chi connectivity index (χ0v) is 13.7. The molecule has 0 radical (unpaired) electrons. The summed E-state index contributed by atoms with van der Waals surface area (Å²) in [6, 6.07) is 1.97. The van der Waals surface area contributed by atoms with E-state index in [1.807, 2.05) is 17.6 Å². The average Bonchev–Trinajstić information content (AvgIpc) is 2.99. The molecular formula is C15H23N5S. The van der Waals surface area contributed by atoms with Crippen molar-refractivity contribution in [1.82, 2.24) is 15.0 Å². The minimum atomic E-state index is 0.372. The van der Waals surface area contributed by atoms with Crippen molar-refractivity contribution in [3.63, 3.8) is 0 Å². The van der Waals surface area contributed by atoms with Crippen LogP contribution in [0.3, 0.4) is 0 Å². The Balaban J connectivity index is 2.04. The van der Waals surface area contributed by atoms with Crippen LogP contribution in [-0.2, 0) is 6.42 Å². The van der Waals surface area contributed by atoms with E-state index >= 15 is 0 Å². The van der Waals surface area contributed by atoms with Gasteiger partial charge >= 0.3 is 0 Å². The lowest BCUT2D eigenvalue weighted by molar-refractivity contribution is 0.784. The van der Waals surface area contributed by atoms with E-state index in [0.717, 1.165) is 48.4 Å². The second-order valence-electron chi connectivity index (χ2n) is 4.99. The van der Waals surface area contributed by atoms with Gasteiger partial charge in [-0.1, -0.05) is 13.8 Å². The van der Waals surface area contributed by atoms with Gasteiger partial charge in [-0.2, -0.15) is 0 Å². The monoisotopic (exact) mass is 305 g/mol. The van der Waals surface area contributed by atoms with Crippen LogP contribution in [0.1, 0.15) is 43.9 Å². The number of hydrogen-bond donors (Lipinski definition) is 2. The molecule has 2 rings (SSSR count). The molecular weight excluding hydrogens is 282 g/mol. The van der Waals surface area contributed by atoms with Gasteiger partial charge in [-0.05, 0) is 13.3 Å². The molecule has 0 aliphatic carbocycles. The summed E-state index contributed by atoms with van der Waals surface area (Å²) in [6.07, 6.45) is 3.80. The van der Waals surface area contributed by atoms with E-state index in [4.69, 9.17) is 0 Å². The van der Waals surface area contributed by atoms with E-state index in [0.29, 0.717) is 5.92 Å². The molecule has 6 heteroatoms. The van der Waals surface area contributed by atoms with Crippen LogP contribution in [0.15, 0.2) is 17.6 Å². The van der Waals surface area contributed by atoms with Gasteiger partial charge in [0.05, 0.1) is 5.01 Å². The fourth-order valence-electron chi connectivity index (χ4n) is 2.02. The summed E-state index contributed by atoms with van der Waals surface area (Å²) < 4.78 is 0. The molecule has 114 valence electrons. The first-order chi connectivity index (χ1) is 10.2. The van der Waals surface area contributed by atoms with E-state index < -0.39 is 0 Å². The van der Waals surface area contributed by atoms with Crippen LogP contribution < -0.4 is 10.6 Å². The van der Waals surface area contributed by atoms with Crippen molar-refractivity contribution in [3.8, 4) is 0 Å². The van der Waals surface area contributed by atoms with Crippen molar-refractivity contribution >= 4 is 23.0 Å². The van der Waals surface area contributed by atoms with Crippen LogP contribution in [0.4, 0.5) is 11.6 Å². The summed E-state index contributed by atoms with van der Waals surface area (Å²) in [5.41, 5.74) is 0. The zero-order valence-electron chi connectivity index (χ0n) is 12.9. The van der Waals surface area contributed by atoms with Crippen LogP contribution in [0.5, 0.6) is 0 Å². The topological polar surface area (TPSA) is 62.7 Å². The highest BCUT2D eigenvalue weighted by molar-refractivity contribution is 7.09. The van der Waals surface area contributed by atoms with E-state index in [9.17, 15) is 0 Å². The summed E-state index contributed by atoms with van der Waals surface area (Å²) >= 11 is 1.69. The molecule has 0 aliphatic heterocycles. The van der Waals surface area contributed by atoms with E-state index in [1.165, 1.54) is 0 Å². The maximum Gasteiger partial charge on any atom is 0.133 e. The van der Waals surface area contributed by atoms with Crippen molar-refractivity contribution in [2.45, 2.75) is 39.5 Å². The summed E-state index contributed by atoms with van der Waals surface area (Å²) in [6.45, 7) is 8.06. The fourth-order valence-corrected chi connectivity index (χ4v) is 2.72. The normalized spacial score (nSPS) is 12.1. The molecule has 0 saturated carbocycles. The number of aryl methyl sites for hydroxylation is 1. The molecule has 1 atom stereocenters. The van der Waals surface area contributed by atoms with Crippen molar-refractivity contribution in [2.75, 3.05) is 23.7 Å². The lowest BCUT2D eigenvalue weighted by atomic mass is 10.2. The number of nitrogens with one attached hydrogen (secondary N) is 2. The summed E-state index contributed by atoms with van der Waals surface area (Å²) in [5.74, 6) is 3.03. The molecule has 5 nitrogen and oxygen atoms in total. The average molecular weight is 305 g/mol. The van der Waals surface area contributed by atoms with Crippen molar-refractivity contribution < 1.29 is 0 Å². The number of rotatable bonds is 8. The van der Waals surface area contributed by atoms with Crippen molar-refractivity contribution in [3.05, 3.63) is 28.5 Å². The molecule has 0 spiro atoms. The molecule has 2 aromatic heterocycles. The highest BCUT2D eigenvalue weighted by atomic mass is 32.1. The fraction of sp³-hybridized carbons (Fsp3) is 0.533. The van der Waals surface area contributed by atoms with Gasteiger partial charge in [-0.25, -0.2) is 15.0 Å². The Hall–Kier alpha value is -1.69. The SMILES string of the molecule is CCCc1nc(NCC)cc(NCC(C)c2nccs2)n1. The summed E-state index contributed by atoms with van der Waals surface area (Å²) in [4.78, 5) is 13.5. The van der Waals surface area contributed by atoms with Crippen LogP contribution in [0.2, 0.25) is 0 Å². The molecule has 0 fully saturated rings. The highest BCUT2D eigenvalue weighted by Crippen LogP contribution is 2.19. The predicted octanol–water partition coefficient (Wildman–Crippen LogP) is 3.53. The van der Waals surface area contributed by atoms with Gasteiger partial charge in [0.2, 0.25) is 0 Å². The van der Waals surface area contributed by atoms with Crippen LogP contribution in [-0.4, -0.2) is 28.0 Å². The number of aromatic nitrogens is 3. The standard InChI is InChI=1S/C15H23N5S/c1-4-6-12-19-13(16-5-2)9-14(20-12)18-10-11(3)15-17-7-8-21-15/h7-9,11H,4-6,10H2,1-3H3,(H2,16,18,19,20). The Morgan fingerprint density at radius 1 is 1.19 bits per heavy atom. The molecule has 0 saturated heterocycles. The first-order valence-electron chi connectivity index (χ1n) is 7.48. The largest absolute Gasteiger partial charge is 0.370 e. The molecule has 21 heavy (non-hydrogen) atoms. The third kappa shape index (κ3) is 4.67. The van der Waals surface area contributed by atoms with Crippen molar-refractivity contribution in [2.24, 2.45) is 0 Å². The van der Waals surface area contributed by atoms with Gasteiger partial charge in [0.1, 0.15) is 17.5 Å². The maximum absolute atomic E-state index is 4.58. The minimum Gasteiger partial charge on any atom is -0.370 e. The first kappa shape index (κ1) is 15.7. The number of nitrogens with zero attached hydrogens (tertiary/aromatic N) is 3. The number of anilines is 2. The summed E-state index contributed by atoms with van der Waals surface area (Å²) in [5, 5.41) is 9.83. The Labute approximate surface area is 130 Å². The summed E-state index contributed by atoms with van der Waals surface area (Å²) in [7, 11) is 0. The van der Waals surface area contributed by atoms with E-state index in [-0.39, 0.29) is 0 Å². The van der Waals surface area contributed by atoms with Crippen molar-refractivity contribution in [1.29, 1.82) is 0 Å². The zero-order chi connectivity index (χ0) is 15.1. The van der Waals surface area contributed by atoms with E-state index in [2.05, 4.69) is 46.4 Å². The van der Waals surface area contributed by atoms with Crippen LogP contribution in [0, 0.1) is 0 Å². The third-order valence-corrected chi connectivity index (χ3v) is 4.07. The predicted molar refractivity (Wildman–Crippen MR) is 89.2 cm³/mol. The van der Waals surface area contributed by atoms with Crippen LogP contribution in [0.25, 0.3) is 0 Å². The second-order valence-corrected chi connectivity index (χ2v) is 5.91. The van der Waals surface area contributed by atoms with Gasteiger partial charge in [-0.3, -0.25) is 0 Å². The lowest BCUT2D eigenvalue weighted by Gasteiger charge is -2.13. The number of hydrogen-bond acceptors (Lipinski definition) is 6. The van der Waals surface area contributed by atoms with Gasteiger partial charge in [0.15, 0.2) is 0 Å². The van der Waals surface area contributed by atoms with Gasteiger partial charge in [-0.15, -0.1) is 11.3 Å². The lowest BCUT2D eigenvalue weighted by Crippen LogP contribution is -2.13. The quantitative estimate of drug-likeness (QED) is 0.781. The highest BCUT2D eigenvalue weighted by Gasteiger charge is 2.09. The van der Waals surface area contributed by atoms with Gasteiger partial charge in [0, 0.05) is 43.1 Å². The molecule has 2 aromatic rings. The molecule has 1 unspecified atom stereocenters. The van der Waals surface area contributed by atoms with Gasteiger partial charge < -0.3 is 10.6 Å². The Bertz CT molecular complexity index is 517. The third-order valence-electron chi connectivity index (χ3n) is 3.07. The molecule has 0 amide bonds. The second kappa shape index (κ2) is 7.93. The minimum absolute atomic E-state index is 0.372. The maximum atomic E-state index is 4.58. The number of thiazole rings is 1.